The highest BCUT2D eigenvalue weighted by Crippen LogP contribution is 2.19. The number of rotatable bonds is 6. The molecule has 1 saturated heterocycles. The summed E-state index contributed by atoms with van der Waals surface area (Å²) in [5, 5.41) is 7.20. The fourth-order valence-corrected chi connectivity index (χ4v) is 3.58. The maximum Gasteiger partial charge on any atom is 0.271 e. The van der Waals surface area contributed by atoms with Crippen LogP contribution in [0.5, 0.6) is 5.75 Å². The van der Waals surface area contributed by atoms with Crippen molar-refractivity contribution >= 4 is 5.91 Å². The smallest absolute Gasteiger partial charge is 0.271 e. The molecular weight excluding hydrogens is 364 g/mol. The molecule has 0 atom stereocenters. The lowest BCUT2D eigenvalue weighted by atomic mass is 10.1. The van der Waals surface area contributed by atoms with Gasteiger partial charge in [-0.25, -0.2) is 0 Å². The van der Waals surface area contributed by atoms with E-state index >= 15 is 0 Å². The number of hydrogen-bond acceptors (Lipinski definition) is 4. The van der Waals surface area contributed by atoms with E-state index in [2.05, 4.69) is 27.2 Å². The molecule has 0 aliphatic carbocycles. The van der Waals surface area contributed by atoms with Gasteiger partial charge in [-0.2, -0.15) is 5.10 Å². The molecule has 0 saturated carbocycles. The number of H-pyrrole nitrogens is 1. The Balaban J connectivity index is 1.31. The third-order valence-corrected chi connectivity index (χ3v) is 5.18. The Hall–Kier alpha value is -3.12. The number of hydrogen-bond donors (Lipinski definition) is 1. The van der Waals surface area contributed by atoms with Gasteiger partial charge < -0.3 is 9.64 Å². The maximum atomic E-state index is 12.8. The molecule has 2 aromatic carbocycles. The number of nitrogens with zero attached hydrogens (tertiary/aromatic N) is 3. The lowest BCUT2D eigenvalue weighted by Crippen LogP contribution is -2.48. The number of nitrogens with one attached hydrogen (secondary N) is 1. The minimum Gasteiger partial charge on any atom is -0.494 e. The van der Waals surface area contributed by atoms with E-state index in [1.54, 1.807) is 0 Å². The number of piperazine rings is 1. The van der Waals surface area contributed by atoms with Crippen LogP contribution in [0.2, 0.25) is 0 Å². The van der Waals surface area contributed by atoms with Crippen molar-refractivity contribution in [3.05, 3.63) is 71.9 Å². The van der Waals surface area contributed by atoms with Crippen molar-refractivity contribution in [2.75, 3.05) is 32.8 Å². The van der Waals surface area contributed by atoms with Crippen LogP contribution in [0.3, 0.4) is 0 Å². The van der Waals surface area contributed by atoms with Gasteiger partial charge >= 0.3 is 0 Å². The molecule has 1 amide bonds. The molecule has 1 aromatic heterocycles. The first-order chi connectivity index (χ1) is 14.2. The van der Waals surface area contributed by atoms with Crippen molar-refractivity contribution in [3.8, 4) is 17.0 Å². The van der Waals surface area contributed by atoms with E-state index in [-0.39, 0.29) is 5.91 Å². The van der Waals surface area contributed by atoms with Gasteiger partial charge in [0, 0.05) is 38.3 Å². The van der Waals surface area contributed by atoms with Gasteiger partial charge in [-0.3, -0.25) is 14.8 Å². The molecule has 1 aliphatic heterocycles. The van der Waals surface area contributed by atoms with Crippen molar-refractivity contribution in [3.63, 3.8) is 0 Å². The summed E-state index contributed by atoms with van der Waals surface area (Å²) in [7, 11) is 0. The summed E-state index contributed by atoms with van der Waals surface area (Å²) in [4.78, 5) is 17.1. The maximum absolute atomic E-state index is 12.8. The fourth-order valence-electron chi connectivity index (χ4n) is 3.58. The van der Waals surface area contributed by atoms with Crippen LogP contribution in [-0.2, 0) is 6.54 Å². The Bertz CT molecular complexity index is 929. The summed E-state index contributed by atoms with van der Waals surface area (Å²) in [6.07, 6.45) is 0. The molecular formula is C23H26N4O2. The Morgan fingerprint density at radius 2 is 1.76 bits per heavy atom. The highest BCUT2D eigenvalue weighted by Gasteiger charge is 2.23. The number of ether oxygens (including phenoxy) is 1. The molecule has 29 heavy (non-hydrogen) atoms. The Morgan fingerprint density at radius 3 is 2.45 bits per heavy atom. The lowest BCUT2D eigenvalue weighted by Gasteiger charge is -2.34. The predicted octanol–water partition coefficient (Wildman–Crippen LogP) is 3.43. The van der Waals surface area contributed by atoms with Crippen molar-refractivity contribution < 1.29 is 9.53 Å². The average molecular weight is 390 g/mol. The third kappa shape index (κ3) is 4.66. The largest absolute Gasteiger partial charge is 0.494 e. The summed E-state index contributed by atoms with van der Waals surface area (Å²) in [5.41, 5.74) is 3.60. The van der Waals surface area contributed by atoms with Crippen LogP contribution < -0.4 is 4.74 Å². The predicted molar refractivity (Wildman–Crippen MR) is 113 cm³/mol. The van der Waals surface area contributed by atoms with Gasteiger partial charge in [0.25, 0.3) is 5.91 Å². The van der Waals surface area contributed by atoms with Crippen molar-refractivity contribution in [1.29, 1.82) is 0 Å². The van der Waals surface area contributed by atoms with Gasteiger partial charge in [0.15, 0.2) is 0 Å². The topological polar surface area (TPSA) is 61.5 Å². The SMILES string of the molecule is CCOc1ccc(CN2CCN(C(=O)c3cc(-c4ccccc4)n[nH]3)CC2)cc1. The Kier molecular flexibility index (Phi) is 5.91. The average Bonchev–Trinajstić information content (AvgIpc) is 3.26. The molecule has 1 aliphatic rings. The zero-order chi connectivity index (χ0) is 20.1. The first-order valence-corrected chi connectivity index (χ1v) is 10.1. The van der Waals surface area contributed by atoms with Gasteiger partial charge in [-0.15, -0.1) is 0 Å². The van der Waals surface area contributed by atoms with E-state index in [0.29, 0.717) is 12.3 Å². The molecule has 0 spiro atoms. The minimum absolute atomic E-state index is 0.0143. The van der Waals surface area contributed by atoms with Gasteiger partial charge in [-0.05, 0) is 30.7 Å². The van der Waals surface area contributed by atoms with Crippen molar-refractivity contribution in [2.24, 2.45) is 0 Å². The van der Waals surface area contributed by atoms with Crippen molar-refractivity contribution in [2.45, 2.75) is 13.5 Å². The van der Waals surface area contributed by atoms with Gasteiger partial charge in [0.05, 0.1) is 12.3 Å². The van der Waals surface area contributed by atoms with E-state index in [1.807, 2.05) is 60.4 Å². The van der Waals surface area contributed by atoms with E-state index in [4.69, 9.17) is 4.74 Å². The summed E-state index contributed by atoms with van der Waals surface area (Å²) in [6.45, 7) is 6.71. The first kappa shape index (κ1) is 19.2. The van der Waals surface area contributed by atoms with Gasteiger partial charge in [0.2, 0.25) is 0 Å². The molecule has 6 nitrogen and oxygen atoms in total. The Labute approximate surface area is 171 Å². The van der Waals surface area contributed by atoms with E-state index in [9.17, 15) is 4.79 Å². The Morgan fingerprint density at radius 1 is 1.03 bits per heavy atom. The van der Waals surface area contributed by atoms with E-state index < -0.39 is 0 Å². The first-order valence-electron chi connectivity index (χ1n) is 10.1. The molecule has 1 N–H and O–H groups in total. The number of aromatic amines is 1. The standard InChI is InChI=1S/C23H26N4O2/c1-2-29-20-10-8-18(9-11-20)17-26-12-14-27(15-13-26)23(28)22-16-21(24-25-22)19-6-4-3-5-7-19/h3-11,16H,2,12-15,17H2,1H3,(H,24,25). The molecule has 0 unspecified atom stereocenters. The number of amides is 1. The summed E-state index contributed by atoms with van der Waals surface area (Å²) in [5.74, 6) is 0.918. The second kappa shape index (κ2) is 8.92. The minimum atomic E-state index is 0.0143. The van der Waals surface area contributed by atoms with Crippen LogP contribution >= 0.6 is 0 Å². The molecule has 6 heteroatoms. The molecule has 2 heterocycles. The normalized spacial score (nSPS) is 14.7. The van der Waals surface area contributed by atoms with Crippen LogP contribution in [-0.4, -0.2) is 58.7 Å². The van der Waals surface area contributed by atoms with Gasteiger partial charge in [0.1, 0.15) is 11.4 Å². The van der Waals surface area contributed by atoms with E-state index in [0.717, 1.165) is 49.7 Å². The molecule has 4 rings (SSSR count). The van der Waals surface area contributed by atoms with Crippen LogP contribution in [0, 0.1) is 0 Å². The van der Waals surface area contributed by atoms with Crippen LogP contribution in [0.4, 0.5) is 0 Å². The number of benzene rings is 2. The highest BCUT2D eigenvalue weighted by atomic mass is 16.5. The molecule has 0 radical (unpaired) electrons. The molecule has 0 bridgehead atoms. The number of aromatic nitrogens is 2. The fraction of sp³-hybridized carbons (Fsp3) is 0.304. The van der Waals surface area contributed by atoms with Crippen molar-refractivity contribution in [1.82, 2.24) is 20.0 Å². The van der Waals surface area contributed by atoms with Gasteiger partial charge in [-0.1, -0.05) is 42.5 Å². The quantitative estimate of drug-likeness (QED) is 0.700. The molecule has 1 fully saturated rings. The number of carbonyl (C=O) groups is 1. The zero-order valence-electron chi connectivity index (χ0n) is 16.7. The number of carbonyl (C=O) groups excluding carboxylic acids is 1. The second-order valence-electron chi connectivity index (χ2n) is 7.18. The summed E-state index contributed by atoms with van der Waals surface area (Å²) in [6, 6.07) is 20.0. The third-order valence-electron chi connectivity index (χ3n) is 5.18. The monoisotopic (exact) mass is 390 g/mol. The van der Waals surface area contributed by atoms with E-state index in [1.165, 1.54) is 5.56 Å². The second-order valence-corrected chi connectivity index (χ2v) is 7.18. The molecule has 3 aromatic rings. The summed E-state index contributed by atoms with van der Waals surface area (Å²) >= 11 is 0. The molecule has 150 valence electrons. The lowest BCUT2D eigenvalue weighted by molar-refractivity contribution is 0.0622. The summed E-state index contributed by atoms with van der Waals surface area (Å²) < 4.78 is 5.50. The van der Waals surface area contributed by atoms with Crippen LogP contribution in [0.1, 0.15) is 23.0 Å². The van der Waals surface area contributed by atoms with Crippen LogP contribution in [0.25, 0.3) is 11.3 Å². The van der Waals surface area contributed by atoms with Crippen LogP contribution in [0.15, 0.2) is 60.7 Å². The highest BCUT2D eigenvalue weighted by molar-refractivity contribution is 5.93. The zero-order valence-corrected chi connectivity index (χ0v) is 16.7.